The molecule has 11 nitrogen and oxygen atoms in total. The number of rotatable bonds is 7. The lowest BCUT2D eigenvalue weighted by Gasteiger charge is -2.62. The van der Waals surface area contributed by atoms with E-state index in [4.69, 9.17) is 9.47 Å². The number of hydrogen-bond donors (Lipinski definition) is 8. The van der Waals surface area contributed by atoms with E-state index in [2.05, 4.69) is 13.5 Å². The second-order valence-corrected chi connectivity index (χ2v) is 15.0. The lowest BCUT2D eigenvalue weighted by atomic mass is 9.41. The number of aliphatic hydroxyl groups excluding tert-OH is 6. The van der Waals surface area contributed by atoms with Gasteiger partial charge in [0.15, 0.2) is 11.5 Å². The highest BCUT2D eigenvalue weighted by Crippen LogP contribution is 2.72. The third-order valence-electron chi connectivity index (χ3n) is 12.3. The SMILES string of the molecule is C=C(C)C=CC(O)C(C)(O)C1C(O)CC2(C)C3CCc4c(cc(OC5OC(CO)C(O)C(O)C5O)c(O)c4C)C3(C)C(=O)CC12C. The molecule has 4 aliphatic rings. The minimum Gasteiger partial charge on any atom is -0.504 e. The van der Waals surface area contributed by atoms with E-state index in [1.807, 2.05) is 13.8 Å². The van der Waals surface area contributed by atoms with E-state index in [-0.39, 0.29) is 29.6 Å². The van der Waals surface area contributed by atoms with Crippen molar-refractivity contribution in [2.45, 2.75) is 121 Å². The van der Waals surface area contributed by atoms with Gasteiger partial charge in [-0.1, -0.05) is 38.2 Å². The first-order valence-electron chi connectivity index (χ1n) is 16.1. The molecule has 1 aromatic carbocycles. The fourth-order valence-electron chi connectivity index (χ4n) is 9.65. The number of benzene rings is 1. The van der Waals surface area contributed by atoms with Crippen molar-refractivity contribution in [3.63, 3.8) is 0 Å². The van der Waals surface area contributed by atoms with Crippen LogP contribution < -0.4 is 4.74 Å². The Hall–Kier alpha value is -2.35. The van der Waals surface area contributed by atoms with Gasteiger partial charge in [-0.05, 0) is 86.5 Å². The quantitative estimate of drug-likeness (QED) is 0.199. The zero-order chi connectivity index (χ0) is 34.3. The van der Waals surface area contributed by atoms with Gasteiger partial charge in [-0.15, -0.1) is 0 Å². The van der Waals surface area contributed by atoms with Crippen molar-refractivity contribution in [2.24, 2.45) is 22.7 Å². The lowest BCUT2D eigenvalue weighted by Crippen LogP contribution is -2.64. The van der Waals surface area contributed by atoms with Gasteiger partial charge >= 0.3 is 0 Å². The first-order valence-corrected chi connectivity index (χ1v) is 16.1. The first kappa shape index (κ1) is 35.0. The van der Waals surface area contributed by atoms with Crippen molar-refractivity contribution >= 4 is 5.78 Å². The number of ether oxygens (including phenoxy) is 2. The van der Waals surface area contributed by atoms with Gasteiger partial charge in [-0.3, -0.25) is 4.79 Å². The molecular weight excluding hydrogens is 596 g/mol. The summed E-state index contributed by atoms with van der Waals surface area (Å²) in [6, 6.07) is 1.57. The summed E-state index contributed by atoms with van der Waals surface area (Å²) in [5.41, 5.74) is -1.75. The summed E-state index contributed by atoms with van der Waals surface area (Å²) in [4.78, 5) is 14.6. The van der Waals surface area contributed by atoms with Gasteiger partial charge in [0.2, 0.25) is 6.29 Å². The molecule has 0 aromatic heterocycles. The molecule has 256 valence electrons. The van der Waals surface area contributed by atoms with Gasteiger partial charge in [-0.25, -0.2) is 0 Å². The Morgan fingerprint density at radius 3 is 2.43 bits per heavy atom. The Morgan fingerprint density at radius 1 is 1.17 bits per heavy atom. The van der Waals surface area contributed by atoms with Crippen molar-refractivity contribution in [3.05, 3.63) is 47.1 Å². The zero-order valence-corrected chi connectivity index (χ0v) is 27.5. The predicted molar refractivity (Wildman–Crippen MR) is 167 cm³/mol. The number of allylic oxidation sites excluding steroid dienone is 2. The molecule has 0 amide bonds. The Kier molecular flexibility index (Phi) is 8.87. The highest BCUT2D eigenvalue weighted by molar-refractivity contribution is 5.93. The number of carbonyl (C=O) groups excluding carboxylic acids is 1. The summed E-state index contributed by atoms with van der Waals surface area (Å²) in [7, 11) is 0. The molecule has 3 fully saturated rings. The number of carbonyl (C=O) groups is 1. The molecule has 8 N–H and O–H groups in total. The molecule has 0 bridgehead atoms. The number of aromatic hydroxyl groups is 1. The monoisotopic (exact) mass is 646 g/mol. The van der Waals surface area contributed by atoms with Crippen LogP contribution in [0.25, 0.3) is 0 Å². The van der Waals surface area contributed by atoms with Crippen molar-refractivity contribution in [2.75, 3.05) is 6.61 Å². The average Bonchev–Trinajstić information content (AvgIpc) is 3.19. The molecule has 0 spiro atoms. The van der Waals surface area contributed by atoms with E-state index in [1.165, 1.54) is 13.0 Å². The lowest BCUT2D eigenvalue weighted by molar-refractivity contribution is -0.277. The molecule has 13 atom stereocenters. The van der Waals surface area contributed by atoms with E-state index < -0.39 is 77.3 Å². The molecule has 1 saturated heterocycles. The Labute approximate surface area is 269 Å². The number of fused-ring (bicyclic) bond motifs is 5. The molecular formula is C35H50O11. The van der Waals surface area contributed by atoms with Gasteiger partial charge in [0.05, 0.1) is 23.7 Å². The van der Waals surface area contributed by atoms with Crippen LogP contribution in [0.5, 0.6) is 11.5 Å². The summed E-state index contributed by atoms with van der Waals surface area (Å²) >= 11 is 0. The number of Topliss-reactive ketones (excluding diaryl/α,β-unsaturated/α-hetero) is 1. The van der Waals surface area contributed by atoms with Crippen molar-refractivity contribution in [1.82, 2.24) is 0 Å². The summed E-state index contributed by atoms with van der Waals surface area (Å²) < 4.78 is 11.4. The summed E-state index contributed by atoms with van der Waals surface area (Å²) in [6.07, 6.45) is -5.51. The second kappa shape index (κ2) is 11.7. The van der Waals surface area contributed by atoms with E-state index in [0.29, 0.717) is 36.0 Å². The van der Waals surface area contributed by atoms with Crippen LogP contribution in [0.15, 0.2) is 30.4 Å². The van der Waals surface area contributed by atoms with Crippen LogP contribution in [0, 0.1) is 29.6 Å². The maximum atomic E-state index is 14.6. The fraction of sp³-hybridized carbons (Fsp3) is 0.686. The highest BCUT2D eigenvalue weighted by atomic mass is 16.7. The molecule has 3 aliphatic carbocycles. The van der Waals surface area contributed by atoms with Crippen LogP contribution in [0.1, 0.15) is 70.6 Å². The van der Waals surface area contributed by atoms with Crippen LogP contribution in [-0.2, 0) is 21.4 Å². The number of phenolic OH excluding ortho intramolecular Hbond substituents is 1. The van der Waals surface area contributed by atoms with Crippen LogP contribution in [-0.4, -0.2) is 102 Å². The topological polar surface area (TPSA) is 197 Å². The summed E-state index contributed by atoms with van der Waals surface area (Å²) in [6.45, 7) is 14.0. The van der Waals surface area contributed by atoms with Crippen LogP contribution in [0.4, 0.5) is 0 Å². The van der Waals surface area contributed by atoms with E-state index >= 15 is 0 Å². The zero-order valence-electron chi connectivity index (χ0n) is 27.5. The summed E-state index contributed by atoms with van der Waals surface area (Å²) in [5.74, 6) is -1.53. The second-order valence-electron chi connectivity index (χ2n) is 15.0. The molecule has 1 aromatic rings. The van der Waals surface area contributed by atoms with Crippen molar-refractivity contribution < 1.29 is 55.1 Å². The van der Waals surface area contributed by atoms with Gasteiger partial charge in [-0.2, -0.15) is 0 Å². The average molecular weight is 647 g/mol. The van der Waals surface area contributed by atoms with Gasteiger partial charge in [0.1, 0.15) is 36.3 Å². The first-order chi connectivity index (χ1) is 21.3. The molecule has 1 heterocycles. The van der Waals surface area contributed by atoms with Crippen molar-refractivity contribution in [3.8, 4) is 11.5 Å². The minimum absolute atomic E-state index is 0.0214. The highest BCUT2D eigenvalue weighted by Gasteiger charge is 2.73. The van der Waals surface area contributed by atoms with Crippen LogP contribution >= 0.6 is 0 Å². The molecule has 11 heteroatoms. The Balaban J connectivity index is 1.55. The number of ketones is 1. The third kappa shape index (κ3) is 4.89. The standard InChI is InChI=1S/C35H50O11/c1-16(2)8-11-24(38)35(7,44)30-20(37)13-32(4)23-10-9-18-17(3)26(40)21(12-19(18)34(23,6)25(39)14-33(30,32)5)45-31-29(43)28(42)27(41)22(15-36)46-31/h8,11-12,20,22-24,27-31,36-38,40-44H,1,9-10,13-15H2,2-7H3. The smallest absolute Gasteiger partial charge is 0.229 e. The van der Waals surface area contributed by atoms with E-state index in [0.717, 1.165) is 5.56 Å². The molecule has 2 saturated carbocycles. The molecule has 0 radical (unpaired) electrons. The molecule has 13 unspecified atom stereocenters. The van der Waals surface area contributed by atoms with E-state index in [9.17, 15) is 45.6 Å². The summed E-state index contributed by atoms with van der Waals surface area (Å²) in [5, 5.41) is 86.4. The normalized spacial score (nSPS) is 42.6. The molecule has 46 heavy (non-hydrogen) atoms. The molecule has 5 rings (SSSR count). The maximum absolute atomic E-state index is 14.6. The van der Waals surface area contributed by atoms with E-state index in [1.54, 1.807) is 26.0 Å². The van der Waals surface area contributed by atoms with Gasteiger partial charge in [0, 0.05) is 12.3 Å². The fourth-order valence-corrected chi connectivity index (χ4v) is 9.65. The largest absolute Gasteiger partial charge is 0.504 e. The third-order valence-corrected chi connectivity index (χ3v) is 12.3. The Bertz CT molecular complexity index is 1420. The van der Waals surface area contributed by atoms with Crippen molar-refractivity contribution in [1.29, 1.82) is 0 Å². The van der Waals surface area contributed by atoms with Crippen LogP contribution in [0.2, 0.25) is 0 Å². The predicted octanol–water partition coefficient (Wildman–Crippen LogP) is 1.31. The number of phenols is 1. The maximum Gasteiger partial charge on any atom is 0.229 e. The van der Waals surface area contributed by atoms with Crippen LogP contribution in [0.3, 0.4) is 0 Å². The van der Waals surface area contributed by atoms with Gasteiger partial charge < -0.3 is 50.3 Å². The number of hydrogen-bond acceptors (Lipinski definition) is 11. The minimum atomic E-state index is -1.76. The van der Waals surface area contributed by atoms with Gasteiger partial charge in [0.25, 0.3) is 0 Å². The number of aliphatic hydroxyl groups is 7. The molecule has 1 aliphatic heterocycles. The Morgan fingerprint density at radius 2 is 1.83 bits per heavy atom.